The van der Waals surface area contributed by atoms with Crippen LogP contribution in [-0.4, -0.2) is 47.6 Å². The van der Waals surface area contributed by atoms with Gasteiger partial charge >= 0.3 is 0 Å². The topological polar surface area (TPSA) is 52.2 Å². The first kappa shape index (κ1) is 16.8. The third-order valence-electron chi connectivity index (χ3n) is 5.25. The van der Waals surface area contributed by atoms with Crippen molar-refractivity contribution in [1.29, 1.82) is 0 Å². The van der Waals surface area contributed by atoms with Crippen LogP contribution in [0.1, 0.15) is 45.2 Å². The van der Waals surface area contributed by atoms with Crippen molar-refractivity contribution in [3.8, 4) is 0 Å². The third-order valence-corrected chi connectivity index (χ3v) is 5.25. The molecule has 1 aromatic rings. The second-order valence-electron chi connectivity index (χ2n) is 7.89. The lowest BCUT2D eigenvalue weighted by Gasteiger charge is -2.41. The minimum atomic E-state index is 0.301. The first-order valence-corrected chi connectivity index (χ1v) is 8.91. The van der Waals surface area contributed by atoms with Crippen molar-refractivity contribution >= 4 is 0 Å². The van der Waals surface area contributed by atoms with Gasteiger partial charge in [-0.25, -0.2) is 5.43 Å². The molecule has 0 aliphatic carbocycles. The average molecular weight is 317 g/mol. The van der Waals surface area contributed by atoms with Crippen LogP contribution in [0.5, 0.6) is 0 Å². The molecule has 0 aromatic carbocycles. The molecule has 2 saturated heterocycles. The van der Waals surface area contributed by atoms with E-state index in [9.17, 15) is 0 Å². The molecule has 23 heavy (non-hydrogen) atoms. The summed E-state index contributed by atoms with van der Waals surface area (Å²) in [5, 5.41) is 3.81. The van der Waals surface area contributed by atoms with E-state index in [1.54, 1.807) is 0 Å². The number of rotatable bonds is 4. The monoisotopic (exact) mass is 317 g/mol. The molecule has 2 aliphatic rings. The van der Waals surface area contributed by atoms with Crippen molar-refractivity contribution in [2.24, 2.45) is 5.92 Å². The van der Waals surface area contributed by atoms with Crippen molar-refractivity contribution in [3.05, 3.63) is 30.1 Å². The van der Waals surface area contributed by atoms with Crippen LogP contribution in [0.15, 0.2) is 24.5 Å². The summed E-state index contributed by atoms with van der Waals surface area (Å²) in [6.07, 6.45) is 6.31. The summed E-state index contributed by atoms with van der Waals surface area (Å²) in [7, 11) is 0. The van der Waals surface area contributed by atoms with Gasteiger partial charge in [-0.15, -0.1) is 0 Å². The molecule has 3 N–H and O–H groups in total. The molecule has 2 atom stereocenters. The molecule has 5 nitrogen and oxygen atoms in total. The zero-order chi connectivity index (χ0) is 16.3. The van der Waals surface area contributed by atoms with E-state index in [0.717, 1.165) is 13.1 Å². The predicted molar refractivity (Wildman–Crippen MR) is 94.0 cm³/mol. The van der Waals surface area contributed by atoms with Crippen LogP contribution < -0.4 is 16.2 Å². The minimum Gasteiger partial charge on any atom is -0.313 e. The number of nitrogens with one attached hydrogen (secondary N) is 3. The quantitative estimate of drug-likeness (QED) is 0.789. The molecule has 0 amide bonds. The van der Waals surface area contributed by atoms with Gasteiger partial charge in [0, 0.05) is 56.1 Å². The highest BCUT2D eigenvalue weighted by atomic mass is 15.4. The first-order valence-electron chi connectivity index (χ1n) is 8.91. The molecule has 2 aliphatic heterocycles. The average Bonchev–Trinajstić information content (AvgIpc) is 3.02. The van der Waals surface area contributed by atoms with Gasteiger partial charge in [0.25, 0.3) is 0 Å². The van der Waals surface area contributed by atoms with Crippen LogP contribution in [0, 0.1) is 5.92 Å². The molecule has 0 saturated carbocycles. The molecule has 0 radical (unpaired) electrons. The highest BCUT2D eigenvalue weighted by molar-refractivity contribution is 5.16. The van der Waals surface area contributed by atoms with Crippen molar-refractivity contribution < 1.29 is 0 Å². The Kier molecular flexibility index (Phi) is 5.31. The Morgan fingerprint density at radius 3 is 2.74 bits per heavy atom. The number of nitrogens with zero attached hydrogens (tertiary/aromatic N) is 2. The van der Waals surface area contributed by atoms with Gasteiger partial charge in [-0.05, 0) is 45.2 Å². The minimum absolute atomic E-state index is 0.301. The van der Waals surface area contributed by atoms with Crippen molar-refractivity contribution in [2.75, 3.05) is 26.2 Å². The summed E-state index contributed by atoms with van der Waals surface area (Å²) >= 11 is 0. The highest BCUT2D eigenvalue weighted by Crippen LogP contribution is 2.24. The van der Waals surface area contributed by atoms with E-state index in [2.05, 4.69) is 52.9 Å². The molecule has 5 heteroatoms. The van der Waals surface area contributed by atoms with E-state index < -0.39 is 0 Å². The SMILES string of the molecule is CC(C)(C)N1CCC(NCC2CNNC2c2cccnc2)CC1. The Hall–Kier alpha value is -1.01. The van der Waals surface area contributed by atoms with Gasteiger partial charge in [-0.1, -0.05) is 6.07 Å². The number of hydrazine groups is 1. The lowest BCUT2D eigenvalue weighted by atomic mass is 9.94. The summed E-state index contributed by atoms with van der Waals surface area (Å²) in [5.74, 6) is 0.569. The fraction of sp³-hybridized carbons (Fsp3) is 0.722. The zero-order valence-corrected chi connectivity index (χ0v) is 14.7. The molecular formula is C18H31N5. The number of aromatic nitrogens is 1. The number of hydrogen-bond donors (Lipinski definition) is 3. The number of hydrogen-bond acceptors (Lipinski definition) is 5. The Bertz CT molecular complexity index is 476. The van der Waals surface area contributed by atoms with Crippen molar-refractivity contribution in [3.63, 3.8) is 0 Å². The third kappa shape index (κ3) is 4.29. The van der Waals surface area contributed by atoms with Gasteiger partial charge in [0.2, 0.25) is 0 Å². The van der Waals surface area contributed by atoms with Gasteiger partial charge in [-0.3, -0.25) is 15.3 Å². The largest absolute Gasteiger partial charge is 0.313 e. The van der Waals surface area contributed by atoms with E-state index in [1.165, 1.54) is 31.5 Å². The number of piperidine rings is 1. The Balaban J connectivity index is 1.47. The number of likely N-dealkylation sites (tertiary alicyclic amines) is 1. The normalized spacial score (nSPS) is 27.4. The van der Waals surface area contributed by atoms with E-state index in [4.69, 9.17) is 0 Å². The molecule has 2 unspecified atom stereocenters. The van der Waals surface area contributed by atoms with Crippen LogP contribution in [0.2, 0.25) is 0 Å². The van der Waals surface area contributed by atoms with E-state index >= 15 is 0 Å². The van der Waals surface area contributed by atoms with Gasteiger partial charge in [-0.2, -0.15) is 0 Å². The fourth-order valence-electron chi connectivity index (χ4n) is 3.71. The molecule has 1 aromatic heterocycles. The molecule has 3 rings (SSSR count). The zero-order valence-electron chi connectivity index (χ0n) is 14.7. The summed E-state index contributed by atoms with van der Waals surface area (Å²) in [5.41, 5.74) is 8.28. The first-order chi connectivity index (χ1) is 11.0. The smallest absolute Gasteiger partial charge is 0.0530 e. The summed E-state index contributed by atoms with van der Waals surface area (Å²) in [6, 6.07) is 5.18. The maximum absolute atomic E-state index is 4.25. The predicted octanol–water partition coefficient (Wildman–Crippen LogP) is 1.70. The molecule has 3 heterocycles. The Morgan fingerprint density at radius 2 is 2.09 bits per heavy atom. The van der Waals surface area contributed by atoms with Gasteiger partial charge < -0.3 is 5.32 Å². The fourth-order valence-corrected chi connectivity index (χ4v) is 3.71. The maximum atomic E-state index is 4.25. The molecule has 0 spiro atoms. The molecular weight excluding hydrogens is 286 g/mol. The van der Waals surface area contributed by atoms with Gasteiger partial charge in [0.15, 0.2) is 0 Å². The van der Waals surface area contributed by atoms with Crippen LogP contribution in [0.3, 0.4) is 0 Å². The standard InChI is InChI=1S/C18H31N5/c1-18(2,3)23-9-6-16(7-10-23)20-12-15-13-21-22-17(15)14-5-4-8-19-11-14/h4-5,8,11,15-17,20-22H,6-7,9-10,12-13H2,1-3H3. The van der Waals surface area contributed by atoms with E-state index in [1.807, 2.05) is 18.5 Å². The lowest BCUT2D eigenvalue weighted by molar-refractivity contribution is 0.0954. The van der Waals surface area contributed by atoms with Gasteiger partial charge in [0.1, 0.15) is 0 Å². The Morgan fingerprint density at radius 1 is 1.30 bits per heavy atom. The van der Waals surface area contributed by atoms with Crippen LogP contribution >= 0.6 is 0 Å². The van der Waals surface area contributed by atoms with Crippen molar-refractivity contribution in [2.45, 2.75) is 51.2 Å². The molecule has 128 valence electrons. The van der Waals surface area contributed by atoms with Gasteiger partial charge in [0.05, 0.1) is 6.04 Å². The second kappa shape index (κ2) is 7.26. The van der Waals surface area contributed by atoms with Crippen molar-refractivity contribution in [1.82, 2.24) is 26.1 Å². The number of pyridine rings is 1. The van der Waals surface area contributed by atoms with E-state index in [0.29, 0.717) is 23.5 Å². The molecule has 2 fully saturated rings. The maximum Gasteiger partial charge on any atom is 0.0530 e. The lowest BCUT2D eigenvalue weighted by Crippen LogP contribution is -2.50. The highest BCUT2D eigenvalue weighted by Gasteiger charge is 2.30. The van der Waals surface area contributed by atoms with Crippen LogP contribution in [-0.2, 0) is 0 Å². The van der Waals surface area contributed by atoms with E-state index in [-0.39, 0.29) is 0 Å². The molecule has 0 bridgehead atoms. The Labute approximate surface area is 140 Å². The summed E-state index contributed by atoms with van der Waals surface area (Å²) in [4.78, 5) is 6.85. The van der Waals surface area contributed by atoms with Crippen LogP contribution in [0.25, 0.3) is 0 Å². The summed E-state index contributed by atoms with van der Waals surface area (Å²) < 4.78 is 0. The summed E-state index contributed by atoms with van der Waals surface area (Å²) in [6.45, 7) is 11.4. The second-order valence-corrected chi connectivity index (χ2v) is 7.89. The van der Waals surface area contributed by atoms with Crippen LogP contribution in [0.4, 0.5) is 0 Å².